The Morgan fingerprint density at radius 1 is 0.929 bits per heavy atom. The van der Waals surface area contributed by atoms with Gasteiger partial charge in [-0.3, -0.25) is 0 Å². The summed E-state index contributed by atoms with van der Waals surface area (Å²) in [6, 6.07) is 2.69. The molecule has 1 nitrogen and oxygen atoms in total. The van der Waals surface area contributed by atoms with Gasteiger partial charge in [0.1, 0.15) is 5.75 Å². The summed E-state index contributed by atoms with van der Waals surface area (Å²) < 4.78 is 40.8. The SMILES string of the molecule is FC(F)(F)Oc1cc(Br)c(Br)cc1Br. The van der Waals surface area contributed by atoms with Crippen molar-refractivity contribution in [3.63, 3.8) is 0 Å². The van der Waals surface area contributed by atoms with Gasteiger partial charge < -0.3 is 4.74 Å². The highest BCUT2D eigenvalue weighted by atomic mass is 79.9. The molecule has 0 saturated heterocycles. The van der Waals surface area contributed by atoms with Crippen LogP contribution in [-0.4, -0.2) is 6.36 Å². The Bertz CT molecular complexity index is 351. The van der Waals surface area contributed by atoms with Crippen LogP contribution in [0.15, 0.2) is 25.6 Å². The summed E-state index contributed by atoms with van der Waals surface area (Å²) in [5.41, 5.74) is 0. The van der Waals surface area contributed by atoms with Crippen molar-refractivity contribution in [1.29, 1.82) is 0 Å². The lowest BCUT2D eigenvalue weighted by Gasteiger charge is -2.11. The van der Waals surface area contributed by atoms with E-state index in [1.165, 1.54) is 12.1 Å². The van der Waals surface area contributed by atoms with E-state index in [0.717, 1.165) is 0 Å². The molecule has 0 amide bonds. The van der Waals surface area contributed by atoms with Crippen LogP contribution in [0.2, 0.25) is 0 Å². The third kappa shape index (κ3) is 3.43. The fourth-order valence-corrected chi connectivity index (χ4v) is 2.10. The van der Waals surface area contributed by atoms with Crippen LogP contribution in [-0.2, 0) is 0 Å². The van der Waals surface area contributed by atoms with Gasteiger partial charge in [-0.1, -0.05) is 0 Å². The number of benzene rings is 1. The molecule has 0 aromatic heterocycles. The van der Waals surface area contributed by atoms with Crippen LogP contribution in [0.1, 0.15) is 0 Å². The van der Waals surface area contributed by atoms with E-state index < -0.39 is 6.36 Å². The first-order valence-electron chi connectivity index (χ1n) is 3.20. The lowest BCUT2D eigenvalue weighted by atomic mass is 10.3. The van der Waals surface area contributed by atoms with Crippen molar-refractivity contribution in [1.82, 2.24) is 0 Å². The summed E-state index contributed by atoms with van der Waals surface area (Å²) >= 11 is 9.18. The molecule has 0 aliphatic carbocycles. The van der Waals surface area contributed by atoms with Gasteiger partial charge in [0.2, 0.25) is 0 Å². The third-order valence-electron chi connectivity index (χ3n) is 1.20. The van der Waals surface area contributed by atoms with E-state index in [2.05, 4.69) is 52.5 Å². The lowest BCUT2D eigenvalue weighted by Crippen LogP contribution is -2.17. The molecule has 0 spiro atoms. The number of rotatable bonds is 1. The van der Waals surface area contributed by atoms with E-state index in [-0.39, 0.29) is 10.2 Å². The second kappa shape index (κ2) is 4.40. The minimum Gasteiger partial charge on any atom is -0.405 e. The molecular formula is C7H2Br3F3O. The van der Waals surface area contributed by atoms with Crippen LogP contribution < -0.4 is 4.74 Å². The summed E-state index contributed by atoms with van der Waals surface area (Å²) in [5, 5.41) is 0. The predicted octanol–water partition coefficient (Wildman–Crippen LogP) is 4.87. The molecule has 0 saturated carbocycles. The zero-order valence-corrected chi connectivity index (χ0v) is 11.1. The molecule has 0 bridgehead atoms. The van der Waals surface area contributed by atoms with Gasteiger partial charge in [-0.15, -0.1) is 13.2 Å². The van der Waals surface area contributed by atoms with E-state index in [9.17, 15) is 13.2 Å². The third-order valence-corrected chi connectivity index (χ3v) is 3.66. The fraction of sp³-hybridized carbons (Fsp3) is 0.143. The van der Waals surface area contributed by atoms with Gasteiger partial charge in [-0.05, 0) is 59.9 Å². The van der Waals surface area contributed by atoms with Crippen molar-refractivity contribution in [2.24, 2.45) is 0 Å². The number of ether oxygens (including phenoxy) is 1. The van der Waals surface area contributed by atoms with E-state index >= 15 is 0 Å². The molecule has 1 aromatic rings. The maximum atomic E-state index is 11.9. The number of alkyl halides is 3. The molecule has 0 radical (unpaired) electrons. The van der Waals surface area contributed by atoms with Crippen molar-refractivity contribution in [3.8, 4) is 5.75 Å². The molecular weight excluding hydrogens is 397 g/mol. The topological polar surface area (TPSA) is 9.23 Å². The molecule has 14 heavy (non-hydrogen) atoms. The molecule has 0 aliphatic rings. The zero-order chi connectivity index (χ0) is 10.9. The zero-order valence-electron chi connectivity index (χ0n) is 6.33. The smallest absolute Gasteiger partial charge is 0.405 e. The molecule has 1 aromatic carbocycles. The van der Waals surface area contributed by atoms with E-state index in [0.29, 0.717) is 8.95 Å². The predicted molar refractivity (Wildman–Crippen MR) is 56.2 cm³/mol. The van der Waals surface area contributed by atoms with Crippen LogP contribution in [0.25, 0.3) is 0 Å². The Hall–Kier alpha value is 0.250. The quantitative estimate of drug-likeness (QED) is 0.613. The van der Waals surface area contributed by atoms with Crippen molar-refractivity contribution < 1.29 is 17.9 Å². The average molecular weight is 399 g/mol. The van der Waals surface area contributed by atoms with Crippen LogP contribution in [0.3, 0.4) is 0 Å². The molecule has 78 valence electrons. The van der Waals surface area contributed by atoms with Crippen LogP contribution in [0.5, 0.6) is 5.75 Å². The summed E-state index contributed by atoms with van der Waals surface area (Å²) in [6.07, 6.45) is -4.68. The highest BCUT2D eigenvalue weighted by Gasteiger charge is 2.32. The molecule has 7 heteroatoms. The molecule has 0 aliphatic heterocycles. The van der Waals surface area contributed by atoms with E-state index in [1.807, 2.05) is 0 Å². The second-order valence-electron chi connectivity index (χ2n) is 2.24. The van der Waals surface area contributed by atoms with E-state index in [4.69, 9.17) is 0 Å². The summed E-state index contributed by atoms with van der Waals surface area (Å²) in [4.78, 5) is 0. The summed E-state index contributed by atoms with van der Waals surface area (Å²) in [6.45, 7) is 0. The van der Waals surface area contributed by atoms with Crippen molar-refractivity contribution in [2.45, 2.75) is 6.36 Å². The van der Waals surface area contributed by atoms with Gasteiger partial charge >= 0.3 is 6.36 Å². The largest absolute Gasteiger partial charge is 0.573 e. The van der Waals surface area contributed by atoms with Gasteiger partial charge in [0.25, 0.3) is 0 Å². The average Bonchev–Trinajstić information content (AvgIpc) is 1.97. The van der Waals surface area contributed by atoms with Crippen molar-refractivity contribution in [3.05, 3.63) is 25.6 Å². The van der Waals surface area contributed by atoms with Crippen molar-refractivity contribution in [2.75, 3.05) is 0 Å². The summed E-state index contributed by atoms with van der Waals surface area (Å²) in [5.74, 6) is -0.285. The minimum absolute atomic E-state index is 0.227. The summed E-state index contributed by atoms with van der Waals surface area (Å²) in [7, 11) is 0. The first-order valence-corrected chi connectivity index (χ1v) is 5.58. The number of hydrogen-bond donors (Lipinski definition) is 0. The molecule has 0 unspecified atom stereocenters. The minimum atomic E-state index is -4.68. The molecule has 0 heterocycles. The molecule has 0 fully saturated rings. The monoisotopic (exact) mass is 396 g/mol. The molecule has 1 rings (SSSR count). The van der Waals surface area contributed by atoms with Crippen LogP contribution in [0, 0.1) is 0 Å². The Morgan fingerprint density at radius 3 is 1.93 bits per heavy atom. The lowest BCUT2D eigenvalue weighted by molar-refractivity contribution is -0.274. The molecule has 0 atom stereocenters. The molecule has 0 N–H and O–H groups in total. The highest BCUT2D eigenvalue weighted by Crippen LogP contribution is 2.36. The normalized spacial score (nSPS) is 11.6. The maximum Gasteiger partial charge on any atom is 0.573 e. The standard InChI is InChI=1S/C7H2Br3F3O/c8-3-1-5(10)6(2-4(3)9)14-7(11,12)13/h1-2H. The van der Waals surface area contributed by atoms with Gasteiger partial charge in [0, 0.05) is 8.95 Å². The van der Waals surface area contributed by atoms with Crippen LogP contribution in [0.4, 0.5) is 13.2 Å². The highest BCUT2D eigenvalue weighted by molar-refractivity contribution is 9.13. The van der Waals surface area contributed by atoms with E-state index in [1.54, 1.807) is 0 Å². The first-order chi connectivity index (χ1) is 6.29. The van der Waals surface area contributed by atoms with Gasteiger partial charge in [0.05, 0.1) is 4.47 Å². The van der Waals surface area contributed by atoms with Gasteiger partial charge in [0.15, 0.2) is 0 Å². The fourth-order valence-electron chi connectivity index (χ4n) is 0.707. The van der Waals surface area contributed by atoms with Crippen molar-refractivity contribution >= 4 is 47.8 Å². The number of hydrogen-bond acceptors (Lipinski definition) is 1. The Kier molecular flexibility index (Phi) is 3.87. The Balaban J connectivity index is 3.04. The van der Waals surface area contributed by atoms with Gasteiger partial charge in [-0.2, -0.15) is 0 Å². The van der Waals surface area contributed by atoms with Crippen LogP contribution >= 0.6 is 47.8 Å². The maximum absolute atomic E-state index is 11.9. The Labute approximate surface area is 103 Å². The second-order valence-corrected chi connectivity index (χ2v) is 4.81. The number of halogens is 6. The Morgan fingerprint density at radius 2 is 1.43 bits per heavy atom. The first kappa shape index (κ1) is 12.3. The van der Waals surface area contributed by atoms with Gasteiger partial charge in [-0.25, -0.2) is 0 Å².